The predicted molar refractivity (Wildman–Crippen MR) is 53.9 cm³/mol. The summed E-state index contributed by atoms with van der Waals surface area (Å²) in [6, 6.07) is -0.227. The first-order valence-corrected chi connectivity index (χ1v) is 5.07. The lowest BCUT2D eigenvalue weighted by atomic mass is 10.2. The first-order chi connectivity index (χ1) is 6.70. The number of hydrogen-bond donors (Lipinski definition) is 1. The molecule has 2 heterocycles. The zero-order chi connectivity index (χ0) is 10.1. The molecule has 2 rings (SSSR count). The molecular formula is C8H11N5S. The van der Waals surface area contributed by atoms with Crippen LogP contribution >= 0.6 is 11.3 Å². The van der Waals surface area contributed by atoms with Gasteiger partial charge in [-0.25, -0.2) is 9.97 Å². The number of rotatable bonds is 2. The average molecular weight is 209 g/mol. The van der Waals surface area contributed by atoms with Gasteiger partial charge in [-0.05, 0) is 6.92 Å². The van der Waals surface area contributed by atoms with Crippen molar-refractivity contribution in [1.82, 2.24) is 19.7 Å². The molecule has 0 aromatic carbocycles. The summed E-state index contributed by atoms with van der Waals surface area (Å²) in [6.07, 6.45) is 1.51. The lowest BCUT2D eigenvalue weighted by Gasteiger charge is -2.08. The molecule has 1 atom stereocenters. The van der Waals surface area contributed by atoms with Crippen LogP contribution in [0, 0.1) is 6.92 Å². The van der Waals surface area contributed by atoms with Crippen molar-refractivity contribution in [3.8, 4) is 0 Å². The summed E-state index contributed by atoms with van der Waals surface area (Å²) in [6.45, 7) is 1.95. The van der Waals surface area contributed by atoms with Gasteiger partial charge in [-0.3, -0.25) is 4.68 Å². The van der Waals surface area contributed by atoms with Crippen molar-refractivity contribution in [1.29, 1.82) is 0 Å². The Kier molecular flexibility index (Phi) is 2.30. The van der Waals surface area contributed by atoms with Crippen LogP contribution < -0.4 is 5.73 Å². The highest BCUT2D eigenvalue weighted by Crippen LogP contribution is 2.23. The molecule has 2 aromatic heterocycles. The minimum Gasteiger partial charge on any atom is -0.317 e. The van der Waals surface area contributed by atoms with E-state index in [-0.39, 0.29) is 6.04 Å². The number of nitrogens with zero attached hydrogens (tertiary/aromatic N) is 4. The van der Waals surface area contributed by atoms with E-state index in [2.05, 4.69) is 15.1 Å². The van der Waals surface area contributed by atoms with E-state index in [1.54, 1.807) is 21.5 Å². The van der Waals surface area contributed by atoms with Crippen molar-refractivity contribution in [2.24, 2.45) is 12.8 Å². The van der Waals surface area contributed by atoms with Crippen LogP contribution in [0.15, 0.2) is 11.8 Å². The molecule has 0 aliphatic rings. The predicted octanol–water partition coefficient (Wildman–Crippen LogP) is 0.628. The Morgan fingerprint density at radius 2 is 2.29 bits per heavy atom. The molecule has 0 aliphatic heterocycles. The van der Waals surface area contributed by atoms with E-state index in [0.717, 1.165) is 16.4 Å². The first kappa shape index (κ1) is 9.29. The van der Waals surface area contributed by atoms with Gasteiger partial charge in [0.25, 0.3) is 0 Å². The standard InChI is InChI=1S/C8H11N5S/c1-5-7(14-4-11-5)6(9)8-10-3-12-13(8)2/h3-4,6H,9H2,1-2H3. The minimum absolute atomic E-state index is 0.227. The van der Waals surface area contributed by atoms with Crippen molar-refractivity contribution in [2.45, 2.75) is 13.0 Å². The molecule has 0 aliphatic carbocycles. The van der Waals surface area contributed by atoms with Crippen LogP contribution in [0.4, 0.5) is 0 Å². The Balaban J connectivity index is 2.38. The molecule has 2 aromatic rings. The van der Waals surface area contributed by atoms with Gasteiger partial charge in [0.2, 0.25) is 0 Å². The summed E-state index contributed by atoms with van der Waals surface area (Å²) in [7, 11) is 1.83. The molecular weight excluding hydrogens is 198 g/mol. The van der Waals surface area contributed by atoms with E-state index >= 15 is 0 Å². The SMILES string of the molecule is Cc1ncsc1C(N)c1ncnn1C. The second-order valence-electron chi connectivity index (χ2n) is 3.02. The Labute approximate surface area is 85.6 Å². The van der Waals surface area contributed by atoms with E-state index in [9.17, 15) is 0 Å². The van der Waals surface area contributed by atoms with Crippen molar-refractivity contribution in [3.05, 3.63) is 28.2 Å². The molecule has 0 saturated heterocycles. The van der Waals surface area contributed by atoms with E-state index < -0.39 is 0 Å². The van der Waals surface area contributed by atoms with Gasteiger partial charge in [-0.1, -0.05) is 0 Å². The summed E-state index contributed by atoms with van der Waals surface area (Å²) in [5.41, 5.74) is 8.81. The van der Waals surface area contributed by atoms with Crippen molar-refractivity contribution in [2.75, 3.05) is 0 Å². The Morgan fingerprint density at radius 3 is 2.79 bits per heavy atom. The van der Waals surface area contributed by atoms with Crippen LogP contribution in [0.5, 0.6) is 0 Å². The number of aryl methyl sites for hydroxylation is 2. The summed E-state index contributed by atoms with van der Waals surface area (Å²) in [5, 5.41) is 3.99. The van der Waals surface area contributed by atoms with Gasteiger partial charge in [-0.15, -0.1) is 11.3 Å². The fraction of sp³-hybridized carbons (Fsp3) is 0.375. The molecule has 0 radical (unpaired) electrons. The molecule has 0 spiro atoms. The van der Waals surface area contributed by atoms with Crippen LogP contribution in [-0.4, -0.2) is 19.7 Å². The lowest BCUT2D eigenvalue weighted by Crippen LogP contribution is -2.16. The summed E-state index contributed by atoms with van der Waals surface area (Å²) >= 11 is 1.55. The Morgan fingerprint density at radius 1 is 1.50 bits per heavy atom. The number of thiazole rings is 1. The maximum Gasteiger partial charge on any atom is 0.148 e. The molecule has 74 valence electrons. The molecule has 5 nitrogen and oxygen atoms in total. The highest BCUT2D eigenvalue weighted by Gasteiger charge is 2.17. The third kappa shape index (κ3) is 1.42. The topological polar surface area (TPSA) is 69.6 Å². The molecule has 1 unspecified atom stereocenters. The van der Waals surface area contributed by atoms with Crippen LogP contribution in [-0.2, 0) is 7.05 Å². The zero-order valence-corrected chi connectivity index (χ0v) is 8.82. The molecule has 0 amide bonds. The number of nitrogens with two attached hydrogens (primary N) is 1. The van der Waals surface area contributed by atoms with E-state index in [1.807, 2.05) is 14.0 Å². The molecule has 0 fully saturated rings. The van der Waals surface area contributed by atoms with Gasteiger partial charge in [-0.2, -0.15) is 5.10 Å². The van der Waals surface area contributed by atoms with Crippen molar-refractivity contribution in [3.63, 3.8) is 0 Å². The third-order valence-corrected chi connectivity index (χ3v) is 3.10. The smallest absolute Gasteiger partial charge is 0.148 e. The second kappa shape index (κ2) is 3.47. The van der Waals surface area contributed by atoms with Gasteiger partial charge in [0.15, 0.2) is 0 Å². The summed E-state index contributed by atoms with van der Waals surface area (Å²) in [5.74, 6) is 0.761. The summed E-state index contributed by atoms with van der Waals surface area (Å²) in [4.78, 5) is 9.32. The molecule has 2 N–H and O–H groups in total. The minimum atomic E-state index is -0.227. The van der Waals surface area contributed by atoms with Crippen molar-refractivity contribution < 1.29 is 0 Å². The fourth-order valence-corrected chi connectivity index (χ4v) is 2.11. The quantitative estimate of drug-likeness (QED) is 0.787. The molecule has 6 heteroatoms. The largest absolute Gasteiger partial charge is 0.317 e. The number of hydrogen-bond acceptors (Lipinski definition) is 5. The van der Waals surface area contributed by atoms with Gasteiger partial charge in [0.1, 0.15) is 18.2 Å². The highest BCUT2D eigenvalue weighted by molar-refractivity contribution is 7.09. The first-order valence-electron chi connectivity index (χ1n) is 4.19. The van der Waals surface area contributed by atoms with Gasteiger partial charge < -0.3 is 5.73 Å². The van der Waals surface area contributed by atoms with Gasteiger partial charge in [0.05, 0.1) is 16.1 Å². The maximum atomic E-state index is 6.05. The second-order valence-corrected chi connectivity index (χ2v) is 3.91. The molecule has 0 saturated carbocycles. The molecule has 14 heavy (non-hydrogen) atoms. The Hall–Kier alpha value is -1.27. The van der Waals surface area contributed by atoms with E-state index in [0.29, 0.717) is 0 Å². The third-order valence-electron chi connectivity index (χ3n) is 2.09. The monoisotopic (exact) mass is 209 g/mol. The van der Waals surface area contributed by atoms with Crippen molar-refractivity contribution >= 4 is 11.3 Å². The average Bonchev–Trinajstić information content (AvgIpc) is 2.73. The van der Waals surface area contributed by atoms with Crippen LogP contribution in [0.1, 0.15) is 22.4 Å². The van der Waals surface area contributed by atoms with Crippen LogP contribution in [0.2, 0.25) is 0 Å². The highest BCUT2D eigenvalue weighted by atomic mass is 32.1. The van der Waals surface area contributed by atoms with Crippen LogP contribution in [0.25, 0.3) is 0 Å². The normalized spacial score (nSPS) is 13.1. The maximum absolute atomic E-state index is 6.05. The number of aromatic nitrogens is 4. The van der Waals surface area contributed by atoms with E-state index in [1.165, 1.54) is 6.33 Å². The van der Waals surface area contributed by atoms with Gasteiger partial charge in [0, 0.05) is 7.05 Å². The fourth-order valence-electron chi connectivity index (χ4n) is 1.31. The summed E-state index contributed by atoms with van der Waals surface area (Å²) < 4.78 is 1.68. The zero-order valence-electron chi connectivity index (χ0n) is 8.01. The van der Waals surface area contributed by atoms with Gasteiger partial charge >= 0.3 is 0 Å². The van der Waals surface area contributed by atoms with Crippen LogP contribution in [0.3, 0.4) is 0 Å². The van der Waals surface area contributed by atoms with E-state index in [4.69, 9.17) is 5.73 Å². The Bertz CT molecular complexity index is 392. The molecule has 0 bridgehead atoms. The lowest BCUT2D eigenvalue weighted by molar-refractivity contribution is 0.662.